The van der Waals surface area contributed by atoms with Gasteiger partial charge in [0.15, 0.2) is 0 Å². The second-order valence-corrected chi connectivity index (χ2v) is 12.2. The second-order valence-electron chi connectivity index (χ2n) is 12.2. The van der Waals surface area contributed by atoms with Crippen molar-refractivity contribution in [2.45, 2.75) is 103 Å². The summed E-state index contributed by atoms with van der Waals surface area (Å²) in [4.78, 5) is 43.8. The molecule has 1 aliphatic rings. The monoisotopic (exact) mass is 599 g/mol. The highest BCUT2D eigenvalue weighted by Crippen LogP contribution is 2.29. The third kappa shape index (κ3) is 9.49. The zero-order valence-corrected chi connectivity index (χ0v) is 27.3. The molecule has 1 fully saturated rings. The van der Waals surface area contributed by atoms with Gasteiger partial charge >= 0.3 is 0 Å². The van der Waals surface area contributed by atoms with Crippen molar-refractivity contribution in [1.82, 2.24) is 15.1 Å². The lowest BCUT2D eigenvalue weighted by atomic mass is 9.89. The molecular formula is C33H53N5O5. The molecule has 1 aromatic rings. The van der Waals surface area contributed by atoms with Crippen LogP contribution in [0.15, 0.2) is 30.3 Å². The molecule has 0 unspecified atom stereocenters. The van der Waals surface area contributed by atoms with Crippen LogP contribution in [0.4, 0.5) is 0 Å². The number of amides is 3. The molecular weight excluding hydrogens is 546 g/mol. The second kappa shape index (κ2) is 17.3. The van der Waals surface area contributed by atoms with E-state index in [4.69, 9.17) is 15.2 Å². The Kier molecular flexibility index (Phi) is 14.6. The van der Waals surface area contributed by atoms with Crippen molar-refractivity contribution >= 4 is 17.7 Å². The number of methoxy groups -OCH3 is 2. The van der Waals surface area contributed by atoms with Crippen LogP contribution in [0, 0.1) is 29.1 Å². The van der Waals surface area contributed by atoms with Crippen molar-refractivity contribution in [2.24, 2.45) is 23.5 Å². The molecule has 8 atom stereocenters. The summed E-state index contributed by atoms with van der Waals surface area (Å²) in [5.74, 6) is -1.11. The molecule has 10 heteroatoms. The number of rotatable bonds is 16. The molecule has 3 N–H and O–H groups in total. The Hall–Kier alpha value is -3.00. The Labute approximate surface area is 258 Å². The van der Waals surface area contributed by atoms with Crippen molar-refractivity contribution in [3.63, 3.8) is 0 Å². The van der Waals surface area contributed by atoms with Crippen LogP contribution >= 0.6 is 0 Å². The molecule has 1 heterocycles. The molecule has 0 aliphatic carbocycles. The van der Waals surface area contributed by atoms with E-state index in [-0.39, 0.29) is 48.1 Å². The number of carbonyl (C=O) groups excluding carboxylic acids is 3. The SMILES string of the molecule is CC[C@H](C)[C@@H]([C@@H](CC(=O)N1CCC[C@H]1[C@H](OC)[C@@H](C)C(=O)N[C@H](C#N)Cc1ccccc1)OC)N(C)C(=O)[C@@H](N)C(C)C. The summed E-state index contributed by atoms with van der Waals surface area (Å²) in [5, 5.41) is 12.5. The first-order valence-corrected chi connectivity index (χ1v) is 15.5. The molecule has 2 rings (SSSR count). The molecule has 3 amide bonds. The number of ether oxygens (including phenoxy) is 2. The molecule has 0 saturated carbocycles. The highest BCUT2D eigenvalue weighted by Gasteiger charge is 2.42. The van der Waals surface area contributed by atoms with Gasteiger partial charge < -0.3 is 30.3 Å². The smallest absolute Gasteiger partial charge is 0.239 e. The predicted octanol–water partition coefficient (Wildman–Crippen LogP) is 3.14. The molecule has 0 spiro atoms. The molecule has 1 saturated heterocycles. The minimum atomic E-state index is -0.681. The normalized spacial score (nSPS) is 19.9. The summed E-state index contributed by atoms with van der Waals surface area (Å²) < 4.78 is 11.7. The van der Waals surface area contributed by atoms with Crippen LogP contribution in [-0.2, 0) is 30.3 Å². The average molecular weight is 600 g/mol. The fourth-order valence-corrected chi connectivity index (χ4v) is 6.11. The number of hydrogen-bond donors (Lipinski definition) is 2. The first-order chi connectivity index (χ1) is 20.4. The fraction of sp³-hybridized carbons (Fsp3) is 0.697. The molecule has 10 nitrogen and oxygen atoms in total. The van der Waals surface area contributed by atoms with Crippen molar-refractivity contribution < 1.29 is 23.9 Å². The van der Waals surface area contributed by atoms with Gasteiger partial charge in [-0.05, 0) is 30.2 Å². The number of likely N-dealkylation sites (tertiary alicyclic amines) is 1. The number of likely N-dealkylation sites (N-methyl/N-ethyl adjacent to an activating group) is 1. The minimum Gasteiger partial charge on any atom is -0.379 e. The molecule has 1 aliphatic heterocycles. The van der Waals surface area contributed by atoms with Crippen LogP contribution in [0.1, 0.15) is 65.9 Å². The number of nitrogens with one attached hydrogen (secondary N) is 1. The maximum absolute atomic E-state index is 13.8. The van der Waals surface area contributed by atoms with Gasteiger partial charge in [0.05, 0.1) is 48.7 Å². The van der Waals surface area contributed by atoms with Gasteiger partial charge in [-0.15, -0.1) is 0 Å². The van der Waals surface area contributed by atoms with Crippen LogP contribution in [0.25, 0.3) is 0 Å². The van der Waals surface area contributed by atoms with Gasteiger partial charge in [-0.25, -0.2) is 0 Å². The average Bonchev–Trinajstić information content (AvgIpc) is 3.49. The fourth-order valence-electron chi connectivity index (χ4n) is 6.11. The lowest BCUT2D eigenvalue weighted by Gasteiger charge is -2.40. The summed E-state index contributed by atoms with van der Waals surface area (Å²) in [6.45, 7) is 10.3. The first-order valence-electron chi connectivity index (χ1n) is 15.5. The van der Waals surface area contributed by atoms with E-state index in [2.05, 4.69) is 25.2 Å². The first kappa shape index (κ1) is 36.2. The van der Waals surface area contributed by atoms with Crippen molar-refractivity contribution in [1.29, 1.82) is 5.26 Å². The Morgan fingerprint density at radius 2 is 1.79 bits per heavy atom. The number of hydrogen-bond acceptors (Lipinski definition) is 7. The quantitative estimate of drug-likeness (QED) is 0.298. The van der Waals surface area contributed by atoms with Crippen LogP contribution in [0.2, 0.25) is 0 Å². The van der Waals surface area contributed by atoms with Gasteiger partial charge in [0.1, 0.15) is 6.04 Å². The van der Waals surface area contributed by atoms with E-state index >= 15 is 0 Å². The van der Waals surface area contributed by atoms with E-state index in [1.54, 1.807) is 38.0 Å². The third-order valence-corrected chi connectivity index (χ3v) is 9.02. The highest BCUT2D eigenvalue weighted by molar-refractivity contribution is 5.83. The summed E-state index contributed by atoms with van der Waals surface area (Å²) >= 11 is 0. The standard InChI is InChI=1S/C33H53N5O5/c1-9-22(4)30(37(6)33(41)29(35)21(2)3)27(42-7)19-28(39)38-17-13-16-26(38)31(43-8)23(5)32(40)36-25(20-34)18-24-14-11-10-12-15-24/h10-12,14-15,21-23,25-27,29-31H,9,13,16-19,35H2,1-8H3,(H,36,40)/t22-,23+,25-,26-,27+,29-,30-,31+/m0/s1. The van der Waals surface area contributed by atoms with Gasteiger partial charge in [0.2, 0.25) is 17.7 Å². The van der Waals surface area contributed by atoms with Crippen molar-refractivity contribution in [2.75, 3.05) is 27.8 Å². The number of nitrogens with two attached hydrogens (primary N) is 1. The number of carbonyl (C=O) groups is 3. The molecule has 240 valence electrons. The van der Waals surface area contributed by atoms with Crippen molar-refractivity contribution in [3.8, 4) is 6.07 Å². The van der Waals surface area contributed by atoms with E-state index in [0.29, 0.717) is 19.4 Å². The van der Waals surface area contributed by atoms with E-state index in [0.717, 1.165) is 18.4 Å². The molecule has 43 heavy (non-hydrogen) atoms. The molecule has 1 aromatic carbocycles. The van der Waals surface area contributed by atoms with Crippen molar-refractivity contribution in [3.05, 3.63) is 35.9 Å². The van der Waals surface area contributed by atoms with Gasteiger partial charge in [-0.1, -0.05) is 71.4 Å². The number of nitrogens with zero attached hydrogens (tertiary/aromatic N) is 3. The number of benzene rings is 1. The summed E-state index contributed by atoms with van der Waals surface area (Å²) in [7, 11) is 4.86. The Morgan fingerprint density at radius 3 is 2.33 bits per heavy atom. The third-order valence-electron chi connectivity index (χ3n) is 9.02. The molecule has 0 aromatic heterocycles. The maximum atomic E-state index is 13.8. The highest BCUT2D eigenvalue weighted by atomic mass is 16.5. The minimum absolute atomic E-state index is 0.0209. The molecule has 0 bridgehead atoms. The van der Waals surface area contributed by atoms with E-state index < -0.39 is 30.2 Å². The lowest BCUT2D eigenvalue weighted by molar-refractivity contribution is -0.146. The van der Waals surface area contributed by atoms with Gasteiger partial charge in [-0.3, -0.25) is 14.4 Å². The van der Waals surface area contributed by atoms with Gasteiger partial charge in [0, 0.05) is 34.2 Å². The zero-order chi connectivity index (χ0) is 32.3. The zero-order valence-electron chi connectivity index (χ0n) is 27.3. The maximum Gasteiger partial charge on any atom is 0.239 e. The predicted molar refractivity (Wildman–Crippen MR) is 167 cm³/mol. The number of nitriles is 1. The van der Waals surface area contributed by atoms with Crippen LogP contribution in [0.3, 0.4) is 0 Å². The van der Waals surface area contributed by atoms with Crippen LogP contribution < -0.4 is 11.1 Å². The largest absolute Gasteiger partial charge is 0.379 e. The summed E-state index contributed by atoms with van der Waals surface area (Å²) in [6.07, 6.45) is 1.67. The van der Waals surface area contributed by atoms with E-state index in [1.165, 1.54) is 0 Å². The Bertz CT molecular complexity index is 1080. The Morgan fingerprint density at radius 1 is 1.14 bits per heavy atom. The van der Waals surface area contributed by atoms with Gasteiger partial charge in [0.25, 0.3) is 0 Å². The molecule has 0 radical (unpaired) electrons. The van der Waals surface area contributed by atoms with E-state index in [1.807, 2.05) is 44.2 Å². The summed E-state index contributed by atoms with van der Waals surface area (Å²) in [5.41, 5.74) is 7.17. The Balaban J connectivity index is 2.18. The lowest BCUT2D eigenvalue weighted by Crippen LogP contribution is -2.56. The summed E-state index contributed by atoms with van der Waals surface area (Å²) in [6, 6.07) is 9.77. The topological polar surface area (TPSA) is 138 Å². The van der Waals surface area contributed by atoms with E-state index in [9.17, 15) is 19.6 Å². The van der Waals surface area contributed by atoms with Crippen LogP contribution in [-0.4, -0.2) is 91.7 Å². The van der Waals surface area contributed by atoms with Gasteiger partial charge in [-0.2, -0.15) is 5.26 Å². The van der Waals surface area contributed by atoms with Crippen LogP contribution in [0.5, 0.6) is 0 Å².